The summed E-state index contributed by atoms with van der Waals surface area (Å²) >= 11 is 0. The normalized spacial score (nSPS) is 30.9. The van der Waals surface area contributed by atoms with Crippen molar-refractivity contribution in [2.45, 2.75) is 24.6 Å². The zero-order valence-corrected chi connectivity index (χ0v) is 9.93. The Morgan fingerprint density at radius 3 is 2.74 bits per heavy atom. The summed E-state index contributed by atoms with van der Waals surface area (Å²) in [5, 5.41) is 28.3. The molecule has 2 heterocycles. The maximum Gasteiger partial charge on any atom is 0.297 e. The van der Waals surface area contributed by atoms with Crippen molar-refractivity contribution in [3.8, 4) is 6.01 Å². The van der Waals surface area contributed by atoms with Gasteiger partial charge in [-0.05, 0) is 12.1 Å². The highest BCUT2D eigenvalue weighted by atomic mass is 16.7. The number of fused-ring (bicyclic) bond motifs is 1. The molecule has 0 bridgehead atoms. The first-order chi connectivity index (χ1) is 9.19. The lowest BCUT2D eigenvalue weighted by atomic mass is 10.1. The van der Waals surface area contributed by atoms with Gasteiger partial charge < -0.3 is 29.8 Å². The maximum absolute atomic E-state index is 9.74. The number of hydrogen-bond donors (Lipinski definition) is 4. The van der Waals surface area contributed by atoms with Crippen molar-refractivity contribution in [2.75, 3.05) is 6.61 Å². The van der Waals surface area contributed by atoms with Crippen LogP contribution in [-0.4, -0.2) is 56.5 Å². The number of nitrogens with one attached hydrogen (secondary N) is 1. The quantitative estimate of drug-likeness (QED) is 0.590. The Bertz CT molecular complexity index is 539. The summed E-state index contributed by atoms with van der Waals surface area (Å²) in [4.78, 5) is 7.10. The van der Waals surface area contributed by atoms with E-state index in [1.165, 1.54) is 0 Å². The van der Waals surface area contributed by atoms with Gasteiger partial charge in [0, 0.05) is 0 Å². The van der Waals surface area contributed by atoms with Gasteiger partial charge in [-0.1, -0.05) is 12.1 Å². The fourth-order valence-electron chi connectivity index (χ4n) is 2.06. The number of aromatic amines is 1. The van der Waals surface area contributed by atoms with Crippen LogP contribution in [0.2, 0.25) is 0 Å². The van der Waals surface area contributed by atoms with E-state index in [-0.39, 0.29) is 6.01 Å². The van der Waals surface area contributed by atoms with Crippen molar-refractivity contribution in [1.29, 1.82) is 0 Å². The third-order valence-electron chi connectivity index (χ3n) is 3.09. The minimum atomic E-state index is -1.23. The maximum atomic E-state index is 9.74. The van der Waals surface area contributed by atoms with Gasteiger partial charge in [-0.3, -0.25) is 0 Å². The van der Waals surface area contributed by atoms with E-state index in [9.17, 15) is 10.2 Å². The first-order valence-electron chi connectivity index (χ1n) is 5.93. The molecule has 1 aliphatic rings. The molecular weight excluding hydrogens is 252 g/mol. The lowest BCUT2D eigenvalue weighted by Crippen LogP contribution is -2.35. The van der Waals surface area contributed by atoms with Crippen molar-refractivity contribution < 1.29 is 24.8 Å². The third kappa shape index (κ3) is 2.17. The predicted octanol–water partition coefficient (Wildman–Crippen LogP) is -0.619. The number of rotatable bonds is 3. The van der Waals surface area contributed by atoms with Crippen LogP contribution in [0.5, 0.6) is 6.01 Å². The summed E-state index contributed by atoms with van der Waals surface area (Å²) in [6.45, 7) is -0.391. The molecule has 1 fully saturated rings. The van der Waals surface area contributed by atoms with Gasteiger partial charge in [0.1, 0.15) is 18.3 Å². The number of imidazole rings is 1. The van der Waals surface area contributed by atoms with Crippen LogP contribution in [0.1, 0.15) is 0 Å². The summed E-state index contributed by atoms with van der Waals surface area (Å²) < 4.78 is 10.6. The molecule has 7 nitrogen and oxygen atoms in total. The van der Waals surface area contributed by atoms with Crippen molar-refractivity contribution in [3.63, 3.8) is 0 Å². The minimum absolute atomic E-state index is 0.191. The highest BCUT2D eigenvalue weighted by Gasteiger charge is 2.44. The molecule has 0 spiro atoms. The van der Waals surface area contributed by atoms with Crippen LogP contribution in [0.15, 0.2) is 24.3 Å². The van der Waals surface area contributed by atoms with Crippen LogP contribution in [0.25, 0.3) is 11.0 Å². The van der Waals surface area contributed by atoms with Crippen molar-refractivity contribution >= 4 is 11.0 Å². The summed E-state index contributed by atoms with van der Waals surface area (Å²) in [7, 11) is 0. The van der Waals surface area contributed by atoms with E-state index in [1.807, 2.05) is 24.3 Å². The van der Waals surface area contributed by atoms with Gasteiger partial charge in [-0.25, -0.2) is 0 Å². The van der Waals surface area contributed by atoms with Gasteiger partial charge in [0.2, 0.25) is 6.29 Å². The molecule has 0 saturated carbocycles. The highest BCUT2D eigenvalue weighted by molar-refractivity contribution is 5.75. The molecule has 4 N–H and O–H groups in total. The van der Waals surface area contributed by atoms with Crippen LogP contribution in [0.3, 0.4) is 0 Å². The molecule has 0 unspecified atom stereocenters. The summed E-state index contributed by atoms with van der Waals surface area (Å²) in [5.41, 5.74) is 1.52. The van der Waals surface area contributed by atoms with Crippen molar-refractivity contribution in [2.24, 2.45) is 0 Å². The van der Waals surface area contributed by atoms with Gasteiger partial charge in [-0.15, -0.1) is 0 Å². The van der Waals surface area contributed by atoms with E-state index in [0.29, 0.717) is 0 Å². The molecule has 1 saturated heterocycles. The zero-order chi connectivity index (χ0) is 13.4. The van der Waals surface area contributed by atoms with Gasteiger partial charge in [-0.2, -0.15) is 4.98 Å². The van der Waals surface area contributed by atoms with E-state index < -0.39 is 31.2 Å². The number of para-hydroxylation sites is 2. The topological polar surface area (TPSA) is 108 Å². The number of ether oxygens (including phenoxy) is 2. The van der Waals surface area contributed by atoms with Crippen molar-refractivity contribution in [1.82, 2.24) is 9.97 Å². The smallest absolute Gasteiger partial charge is 0.297 e. The molecule has 1 aromatic carbocycles. The molecule has 4 atom stereocenters. The fourth-order valence-corrected chi connectivity index (χ4v) is 2.06. The second-order valence-electron chi connectivity index (χ2n) is 4.38. The molecule has 19 heavy (non-hydrogen) atoms. The van der Waals surface area contributed by atoms with Gasteiger partial charge in [0.05, 0.1) is 17.6 Å². The Kier molecular flexibility index (Phi) is 3.11. The molecule has 3 rings (SSSR count). The molecule has 7 heteroatoms. The molecule has 102 valence electrons. The monoisotopic (exact) mass is 266 g/mol. The van der Waals surface area contributed by atoms with Crippen LogP contribution < -0.4 is 4.74 Å². The number of nitrogens with zero attached hydrogens (tertiary/aromatic N) is 1. The number of benzene rings is 1. The Labute approximate surface area is 108 Å². The van der Waals surface area contributed by atoms with Crippen LogP contribution >= 0.6 is 0 Å². The summed E-state index contributed by atoms with van der Waals surface area (Å²) in [5.74, 6) is 0. The lowest BCUT2D eigenvalue weighted by molar-refractivity contribution is -0.119. The first-order valence-corrected chi connectivity index (χ1v) is 5.93. The minimum Gasteiger partial charge on any atom is -0.432 e. The second kappa shape index (κ2) is 4.78. The molecular formula is C12H14N2O5. The fraction of sp³-hybridized carbons (Fsp3) is 0.417. The number of hydrogen-bond acceptors (Lipinski definition) is 6. The van der Waals surface area contributed by atoms with E-state index in [0.717, 1.165) is 11.0 Å². The molecule has 1 aromatic heterocycles. The van der Waals surface area contributed by atoms with E-state index in [4.69, 9.17) is 14.6 Å². The number of aromatic nitrogens is 2. The van der Waals surface area contributed by atoms with E-state index in [1.54, 1.807) is 0 Å². The Balaban J connectivity index is 1.78. The van der Waals surface area contributed by atoms with Crippen LogP contribution in [0, 0.1) is 0 Å². The third-order valence-corrected chi connectivity index (χ3v) is 3.09. The molecule has 1 aliphatic heterocycles. The van der Waals surface area contributed by atoms with Crippen LogP contribution in [0.4, 0.5) is 0 Å². The second-order valence-corrected chi connectivity index (χ2v) is 4.38. The molecule has 0 radical (unpaired) electrons. The average molecular weight is 266 g/mol. The predicted molar refractivity (Wildman–Crippen MR) is 64.5 cm³/mol. The molecule has 0 amide bonds. The number of H-pyrrole nitrogens is 1. The van der Waals surface area contributed by atoms with Gasteiger partial charge >= 0.3 is 0 Å². The standard InChI is InChI=1S/C12H14N2O5/c15-5-8-9(16)10(17)11(18-8)19-12-13-6-3-1-2-4-7(6)14-12/h1-4,8-11,15-17H,5H2,(H,13,14)/t8-,9-,10-,11+/m1/s1. The highest BCUT2D eigenvalue weighted by Crippen LogP contribution is 2.24. The molecule has 0 aliphatic carbocycles. The summed E-state index contributed by atoms with van der Waals surface area (Å²) in [6, 6.07) is 7.55. The Morgan fingerprint density at radius 1 is 1.26 bits per heavy atom. The summed E-state index contributed by atoms with van der Waals surface area (Å²) in [6.07, 6.45) is -4.33. The zero-order valence-electron chi connectivity index (χ0n) is 9.93. The van der Waals surface area contributed by atoms with Crippen molar-refractivity contribution in [3.05, 3.63) is 24.3 Å². The Morgan fingerprint density at radius 2 is 2.05 bits per heavy atom. The van der Waals surface area contributed by atoms with E-state index >= 15 is 0 Å². The van der Waals surface area contributed by atoms with Crippen LogP contribution in [-0.2, 0) is 4.74 Å². The van der Waals surface area contributed by atoms with E-state index in [2.05, 4.69) is 9.97 Å². The number of aliphatic hydroxyl groups excluding tert-OH is 3. The first kappa shape index (κ1) is 12.4. The SMILES string of the molecule is OC[C@H]1O[C@@H](Oc2nc3ccccc3[nH]2)[C@H](O)[C@@H]1O. The Hall–Kier alpha value is -1.67. The average Bonchev–Trinajstić information content (AvgIpc) is 2.94. The lowest BCUT2D eigenvalue weighted by Gasteiger charge is -2.14. The molecule has 2 aromatic rings. The van der Waals surface area contributed by atoms with Gasteiger partial charge in [0.25, 0.3) is 6.01 Å². The van der Waals surface area contributed by atoms with Gasteiger partial charge in [0.15, 0.2) is 0 Å². The largest absolute Gasteiger partial charge is 0.432 e. The number of aliphatic hydroxyl groups is 3.